The molecule has 18 heteroatoms. The van der Waals surface area contributed by atoms with Crippen molar-refractivity contribution in [1.82, 2.24) is 24.5 Å². The maximum atomic E-state index is 12.0. The molecule has 9 rings (SSSR count). The van der Waals surface area contributed by atoms with Crippen LogP contribution in [0.25, 0.3) is 53.4 Å². The van der Waals surface area contributed by atoms with Crippen molar-refractivity contribution >= 4 is 81.5 Å². The molecule has 11 nitrogen and oxygen atoms in total. The Kier molecular flexibility index (Phi) is 16.8. The fourth-order valence-electron chi connectivity index (χ4n) is 7.18. The molecule has 0 bridgehead atoms. The third-order valence-corrected chi connectivity index (χ3v) is 16.3. The lowest BCUT2D eigenvalue weighted by atomic mass is 10.2. The number of para-hydroxylation sites is 2. The second-order valence-corrected chi connectivity index (χ2v) is 22.9. The van der Waals surface area contributed by atoms with E-state index in [2.05, 4.69) is 25.9 Å². The number of nitrogens with zero attached hydrogens (tertiary/aromatic N) is 5. The first-order chi connectivity index (χ1) is 31.7. The van der Waals surface area contributed by atoms with Crippen LogP contribution in [0.3, 0.4) is 0 Å². The van der Waals surface area contributed by atoms with Crippen molar-refractivity contribution in [3.05, 3.63) is 155 Å². The lowest BCUT2D eigenvalue weighted by Gasteiger charge is -2.26. The highest BCUT2D eigenvalue weighted by molar-refractivity contribution is 9.08. The van der Waals surface area contributed by atoms with Gasteiger partial charge in [-0.25, -0.2) is 26.2 Å². The zero-order valence-electron chi connectivity index (χ0n) is 35.8. The van der Waals surface area contributed by atoms with E-state index in [0.29, 0.717) is 38.4 Å². The van der Waals surface area contributed by atoms with Gasteiger partial charge >= 0.3 is 0 Å². The highest BCUT2D eigenvalue weighted by Crippen LogP contribution is 2.39. The van der Waals surface area contributed by atoms with E-state index in [1.807, 2.05) is 106 Å². The molecular weight excluding hydrogens is 1030 g/mol. The van der Waals surface area contributed by atoms with Gasteiger partial charge in [-0.2, -0.15) is 10.2 Å². The van der Waals surface area contributed by atoms with Gasteiger partial charge in [0.05, 0.1) is 90.2 Å². The molecule has 0 aliphatic carbocycles. The molecule has 0 unspecified atom stereocenters. The minimum atomic E-state index is -3.29. The molecule has 1 saturated heterocycles. The SMILES string of the molecule is C.CS(=O)(=O)c1cccc(-c2ccc(-c3cc(CBr)nn3-c3ccccc3Cl)s2)c1.CS(=O)(=O)c1cccc(-c2ccc(-c3cc(COCCN4CCOCC4)nn3-c3ccccc3Cl)s2)c1. The number of thiophene rings is 2. The Morgan fingerprint density at radius 3 is 1.57 bits per heavy atom. The fraction of sp³-hybridized carbons (Fsp3) is 0.224. The fourth-order valence-corrected chi connectivity index (χ4v) is 11.2. The lowest BCUT2D eigenvalue weighted by molar-refractivity contribution is 0.0176. The summed E-state index contributed by atoms with van der Waals surface area (Å²) < 4.78 is 62.9. The van der Waals surface area contributed by atoms with Crippen LogP contribution >= 0.6 is 61.8 Å². The summed E-state index contributed by atoms with van der Waals surface area (Å²) in [6, 6.07) is 41.3. The predicted molar refractivity (Wildman–Crippen MR) is 277 cm³/mol. The van der Waals surface area contributed by atoms with Gasteiger partial charge in [-0.05, 0) is 96.1 Å². The predicted octanol–water partition coefficient (Wildman–Crippen LogP) is 12.0. The summed E-state index contributed by atoms with van der Waals surface area (Å²) in [6.45, 7) is 5.28. The highest BCUT2D eigenvalue weighted by Gasteiger charge is 2.19. The van der Waals surface area contributed by atoms with Gasteiger partial charge < -0.3 is 9.47 Å². The number of rotatable bonds is 14. The van der Waals surface area contributed by atoms with Crippen LogP contribution in [-0.2, 0) is 41.1 Å². The molecule has 1 aliphatic heterocycles. The van der Waals surface area contributed by atoms with Crippen molar-refractivity contribution in [3.8, 4) is 53.4 Å². The first kappa shape index (κ1) is 50.4. The molecule has 1 aliphatic rings. The van der Waals surface area contributed by atoms with E-state index in [9.17, 15) is 16.8 Å². The Labute approximate surface area is 418 Å². The minimum Gasteiger partial charge on any atom is -0.379 e. The maximum absolute atomic E-state index is 12.0. The van der Waals surface area contributed by atoms with E-state index in [1.165, 1.54) is 12.5 Å². The van der Waals surface area contributed by atoms with E-state index in [-0.39, 0.29) is 7.43 Å². The van der Waals surface area contributed by atoms with Crippen LogP contribution in [0.5, 0.6) is 0 Å². The van der Waals surface area contributed by atoms with Crippen molar-refractivity contribution in [3.63, 3.8) is 0 Å². The quantitative estimate of drug-likeness (QED) is 0.0773. The van der Waals surface area contributed by atoms with Crippen LogP contribution in [0, 0.1) is 0 Å². The Hall–Kier alpha value is -4.46. The molecule has 0 atom stereocenters. The third kappa shape index (κ3) is 12.4. The van der Waals surface area contributed by atoms with Gasteiger partial charge in [-0.3, -0.25) is 4.90 Å². The van der Waals surface area contributed by atoms with Crippen molar-refractivity contribution < 1.29 is 26.3 Å². The molecule has 5 heterocycles. The summed E-state index contributed by atoms with van der Waals surface area (Å²) in [5.74, 6) is 0. The first-order valence-electron chi connectivity index (χ1n) is 20.7. The smallest absolute Gasteiger partial charge is 0.175 e. The molecule has 0 saturated carbocycles. The topological polar surface area (TPSA) is 126 Å². The third-order valence-electron chi connectivity index (χ3n) is 10.5. The summed E-state index contributed by atoms with van der Waals surface area (Å²) in [5.41, 5.74) is 6.86. The molecular formula is C49H48BrCl2N5O6S4. The van der Waals surface area contributed by atoms with E-state index in [0.717, 1.165) is 97.6 Å². The van der Waals surface area contributed by atoms with Gasteiger partial charge in [0.15, 0.2) is 19.7 Å². The monoisotopic (exact) mass is 1080 g/mol. The molecule has 0 N–H and O–H groups in total. The van der Waals surface area contributed by atoms with Crippen LogP contribution < -0.4 is 0 Å². The standard InChI is InChI=1S/C27H28ClN3O4S2.C21H16BrClN2O2S2.CH4/c1-37(32,33)22-6-4-5-20(17-22)26-9-10-27(36-26)25-18-21(19-35-16-13-30-11-14-34-15-12-30)29-31(25)24-8-3-2-7-23(24)28;1-29(26,27)16-6-4-5-14(11-16)20-9-10-21(28-20)19-12-15(13-22)24-25(19)18-8-3-2-7-17(18)23;/h2-10,17-18H,11-16,19H2,1H3;2-12H,13H2,1H3;1H4. The van der Waals surface area contributed by atoms with Crippen molar-refractivity contribution in [2.24, 2.45) is 0 Å². The molecule has 4 aromatic heterocycles. The van der Waals surface area contributed by atoms with Gasteiger partial charge in [-0.15, -0.1) is 22.7 Å². The van der Waals surface area contributed by atoms with Gasteiger partial charge in [0.25, 0.3) is 0 Å². The molecule has 1 fully saturated rings. The van der Waals surface area contributed by atoms with E-state index < -0.39 is 19.7 Å². The van der Waals surface area contributed by atoms with Crippen molar-refractivity contribution in [2.45, 2.75) is 29.2 Å². The summed E-state index contributed by atoms with van der Waals surface area (Å²) in [5, 5.41) is 11.4. The maximum Gasteiger partial charge on any atom is 0.175 e. The summed E-state index contributed by atoms with van der Waals surface area (Å²) in [6.07, 6.45) is 2.44. The normalized spacial score (nSPS) is 13.2. The molecule has 0 spiro atoms. The molecule has 350 valence electrons. The molecule has 8 aromatic rings. The van der Waals surface area contributed by atoms with Crippen LogP contribution in [0.1, 0.15) is 18.8 Å². The number of ether oxygens (including phenoxy) is 2. The average Bonchev–Trinajstić information content (AvgIpc) is 4.15. The van der Waals surface area contributed by atoms with Crippen LogP contribution in [-0.4, -0.2) is 93.3 Å². The van der Waals surface area contributed by atoms with Gasteiger partial charge in [0.1, 0.15) is 0 Å². The zero-order valence-corrected chi connectivity index (χ0v) is 42.2. The van der Waals surface area contributed by atoms with Gasteiger partial charge in [-0.1, -0.05) is 95.1 Å². The minimum absolute atomic E-state index is 0. The van der Waals surface area contributed by atoms with E-state index in [1.54, 1.807) is 59.1 Å². The number of alkyl halides is 1. The molecule has 4 aromatic carbocycles. The Bertz CT molecular complexity index is 3200. The number of halogens is 3. The van der Waals surface area contributed by atoms with Crippen LogP contribution in [0.2, 0.25) is 10.0 Å². The van der Waals surface area contributed by atoms with Crippen molar-refractivity contribution in [2.75, 3.05) is 52.0 Å². The number of hydrogen-bond acceptors (Lipinski definition) is 11. The Balaban J connectivity index is 0.000000202. The first-order valence-corrected chi connectivity index (χ1v) is 28.0. The lowest BCUT2D eigenvalue weighted by Crippen LogP contribution is -2.38. The van der Waals surface area contributed by atoms with Gasteiger partial charge in [0.2, 0.25) is 0 Å². The number of hydrogen-bond donors (Lipinski definition) is 0. The summed E-state index contributed by atoms with van der Waals surface area (Å²) >= 11 is 19.6. The Morgan fingerprint density at radius 2 is 1.09 bits per heavy atom. The second kappa shape index (κ2) is 22.3. The number of morpholine rings is 1. The largest absolute Gasteiger partial charge is 0.379 e. The number of aromatic nitrogens is 4. The average molecular weight is 1080 g/mol. The van der Waals surface area contributed by atoms with E-state index in [4.69, 9.17) is 37.8 Å². The van der Waals surface area contributed by atoms with Crippen molar-refractivity contribution in [1.29, 1.82) is 0 Å². The second-order valence-electron chi connectivity index (χ2n) is 15.3. The Morgan fingerprint density at radius 1 is 0.627 bits per heavy atom. The molecule has 0 radical (unpaired) electrons. The molecule has 67 heavy (non-hydrogen) atoms. The van der Waals surface area contributed by atoms with Gasteiger partial charge in [0, 0.05) is 47.2 Å². The number of benzene rings is 4. The summed E-state index contributed by atoms with van der Waals surface area (Å²) in [4.78, 5) is 6.92. The van der Waals surface area contributed by atoms with E-state index >= 15 is 0 Å². The number of sulfone groups is 2. The zero-order chi connectivity index (χ0) is 46.4. The summed E-state index contributed by atoms with van der Waals surface area (Å²) in [7, 11) is -6.54. The van der Waals surface area contributed by atoms with Crippen LogP contribution in [0.4, 0.5) is 0 Å². The molecule has 0 amide bonds. The highest BCUT2D eigenvalue weighted by atomic mass is 79.9. The van der Waals surface area contributed by atoms with Crippen LogP contribution in [0.15, 0.2) is 143 Å².